The van der Waals surface area contributed by atoms with Crippen molar-refractivity contribution in [3.05, 3.63) is 163 Å². The van der Waals surface area contributed by atoms with E-state index >= 15 is 0 Å². The summed E-state index contributed by atoms with van der Waals surface area (Å²) in [5.41, 5.74) is 16.5. The van der Waals surface area contributed by atoms with E-state index < -0.39 is 18.0 Å². The van der Waals surface area contributed by atoms with Gasteiger partial charge in [0.25, 0.3) is 11.1 Å². The first-order chi connectivity index (χ1) is 38.7. The number of rotatable bonds is 16. The van der Waals surface area contributed by atoms with Crippen molar-refractivity contribution in [2.45, 2.75) is 91.1 Å². The third-order valence-electron chi connectivity index (χ3n) is 12.4. The number of anilines is 4. The lowest BCUT2D eigenvalue weighted by Gasteiger charge is -2.23. The minimum absolute atomic E-state index is 0.0690. The van der Waals surface area contributed by atoms with Gasteiger partial charge in [0.15, 0.2) is 11.6 Å². The molecule has 0 spiro atoms. The first-order valence-corrected chi connectivity index (χ1v) is 25.6. The van der Waals surface area contributed by atoms with E-state index in [0.29, 0.717) is 106 Å². The highest BCUT2D eigenvalue weighted by Crippen LogP contribution is 2.30. The van der Waals surface area contributed by atoms with Crippen LogP contribution in [0.5, 0.6) is 0 Å². The molecule has 0 aliphatic carbocycles. The van der Waals surface area contributed by atoms with E-state index in [0.717, 1.165) is 0 Å². The van der Waals surface area contributed by atoms with Gasteiger partial charge < -0.3 is 26.8 Å². The lowest BCUT2D eigenvalue weighted by atomic mass is 10.1. The van der Waals surface area contributed by atoms with Gasteiger partial charge in [0, 0.05) is 36.8 Å². The lowest BCUT2D eigenvalue weighted by molar-refractivity contribution is -0.140. The molecule has 80 heavy (non-hydrogen) atoms. The van der Waals surface area contributed by atoms with Crippen molar-refractivity contribution in [2.75, 3.05) is 29.2 Å². The van der Waals surface area contributed by atoms with E-state index in [-0.39, 0.29) is 64.3 Å². The Balaban J connectivity index is 0.000000231. The summed E-state index contributed by atoms with van der Waals surface area (Å²) in [6, 6.07) is 32.2. The molecule has 1 amide bonds. The van der Waals surface area contributed by atoms with Gasteiger partial charge in [-0.15, -0.1) is 0 Å². The van der Waals surface area contributed by atoms with Gasteiger partial charge >= 0.3 is 5.97 Å². The standard InChI is InChI=1S/C30H29N7O3.C29H28N8O3/c1-4-23(35-28-22(18-31)27(32)33-19(2)34-28)29-36-24-16-11-13-20(12-7-5-10-17-25(38)40-3)26(24)30(39)37(29)21-14-8-6-9-15-21;1-3-22(34-27-21(17-30)26(31)32-18(2)33-27)28-35-23-15-10-12-19(11-6-4-9-16-24(38)36-40)25(23)29(39)37(28)20-13-7-5-8-14-20/h6,8-9,11,13-16,23H,4-5,10,17H2,1-3H3,(H3,32,33,34,35);5,7-8,10,12-15,22,40H,3-4,9,16H2,1-2H3,(H,36,38)(H3,31,32,33,34)/t23-;22-/m00/s1. The highest BCUT2D eigenvalue weighted by atomic mass is 16.5. The van der Waals surface area contributed by atoms with E-state index in [2.05, 4.69) is 71.1 Å². The number of carbonyl (C=O) groups is 2. The second-order valence-corrected chi connectivity index (χ2v) is 17.9. The zero-order chi connectivity index (χ0) is 57.3. The van der Waals surface area contributed by atoms with Crippen LogP contribution in [0, 0.1) is 60.2 Å². The van der Waals surface area contributed by atoms with Crippen LogP contribution in [-0.2, 0) is 14.3 Å². The molecule has 404 valence electrons. The number of hydroxylamine groups is 1. The molecule has 0 aliphatic heterocycles. The molecule has 0 saturated carbocycles. The number of carbonyl (C=O) groups excluding carboxylic acids is 2. The number of nitrogens with two attached hydrogens (primary N) is 2. The van der Waals surface area contributed by atoms with Gasteiger partial charge in [-0.05, 0) is 88.1 Å². The number of hydrogen-bond donors (Lipinski definition) is 6. The summed E-state index contributed by atoms with van der Waals surface area (Å²) in [4.78, 5) is 77.7. The van der Waals surface area contributed by atoms with Gasteiger partial charge in [0.2, 0.25) is 5.91 Å². The number of unbranched alkanes of at least 4 members (excludes halogenated alkanes) is 2. The van der Waals surface area contributed by atoms with E-state index in [1.165, 1.54) is 7.11 Å². The number of aryl methyl sites for hydroxylation is 2. The van der Waals surface area contributed by atoms with Crippen LogP contribution in [-0.4, -0.2) is 63.2 Å². The normalized spacial score (nSPS) is 11.2. The zero-order valence-corrected chi connectivity index (χ0v) is 44.7. The number of amides is 1. The average molecular weight is 1070 g/mol. The van der Waals surface area contributed by atoms with Crippen molar-refractivity contribution in [1.82, 2.24) is 44.5 Å². The summed E-state index contributed by atoms with van der Waals surface area (Å²) >= 11 is 0. The van der Waals surface area contributed by atoms with Crippen LogP contribution in [0.2, 0.25) is 0 Å². The molecule has 21 heteroatoms. The smallest absolute Gasteiger partial charge is 0.305 e. The number of esters is 1. The number of ether oxygens (including phenoxy) is 1. The van der Waals surface area contributed by atoms with Crippen LogP contribution in [0.15, 0.2) is 107 Å². The number of fused-ring (bicyclic) bond motifs is 2. The number of hydrogen-bond acceptors (Lipinski definition) is 18. The molecule has 2 atom stereocenters. The fourth-order valence-electron chi connectivity index (χ4n) is 8.60. The Morgan fingerprint density at radius 3 is 1.44 bits per heavy atom. The number of para-hydroxylation sites is 2. The van der Waals surface area contributed by atoms with Crippen molar-refractivity contribution in [1.29, 1.82) is 10.5 Å². The maximum atomic E-state index is 14.2. The lowest BCUT2D eigenvalue weighted by Crippen LogP contribution is -2.29. The van der Waals surface area contributed by atoms with Gasteiger partial charge in [-0.25, -0.2) is 35.4 Å². The van der Waals surface area contributed by atoms with Gasteiger partial charge in [-0.1, -0.05) is 86.1 Å². The summed E-state index contributed by atoms with van der Waals surface area (Å²) in [6.07, 6.45) is 3.37. The molecule has 0 saturated heterocycles. The number of methoxy groups -OCH3 is 1. The quantitative estimate of drug-likeness (QED) is 0.0177. The van der Waals surface area contributed by atoms with Crippen LogP contribution < -0.4 is 38.7 Å². The molecule has 8 rings (SSSR count). The predicted octanol–water partition coefficient (Wildman–Crippen LogP) is 7.72. The van der Waals surface area contributed by atoms with Gasteiger partial charge in [-0.2, -0.15) is 10.5 Å². The predicted molar refractivity (Wildman–Crippen MR) is 303 cm³/mol. The minimum atomic E-state index is -0.509. The van der Waals surface area contributed by atoms with Gasteiger partial charge in [0.05, 0.1) is 52.4 Å². The SMILES string of the molecule is CC[C@H](Nc1nc(C)nc(N)c1C#N)c1nc2cccc(C#CCCCC(=O)NO)c2c(=O)n1-c1ccccc1.CC[C@H](Nc1nc(C)nc(N)c1C#N)c1nc2cccc(C#CCCCC(=O)OC)c2c(=O)n1-c1ccccc1. The average Bonchev–Trinajstić information content (AvgIpc) is 3.46. The Kier molecular flexibility index (Phi) is 19.3. The van der Waals surface area contributed by atoms with E-state index in [1.807, 2.05) is 74.5 Å². The van der Waals surface area contributed by atoms with Crippen LogP contribution in [0.1, 0.15) is 123 Å². The Morgan fingerprint density at radius 1 is 0.625 bits per heavy atom. The highest BCUT2D eigenvalue weighted by Gasteiger charge is 2.26. The topological polar surface area (TPSA) is 321 Å². The minimum Gasteiger partial charge on any atom is -0.469 e. The number of nitrogen functional groups attached to an aromatic ring is 2. The molecule has 8 aromatic rings. The summed E-state index contributed by atoms with van der Waals surface area (Å²) in [7, 11) is 1.36. The molecule has 0 fully saturated rings. The molecule has 21 nitrogen and oxygen atoms in total. The molecule has 0 aliphatic rings. The van der Waals surface area contributed by atoms with E-state index in [4.69, 9.17) is 26.6 Å². The molecular formula is C59H57N15O6. The van der Waals surface area contributed by atoms with Crippen LogP contribution in [0.4, 0.5) is 23.3 Å². The Hall–Kier alpha value is -10.5. The fraction of sp³-hybridized carbons (Fsp3) is 0.254. The zero-order valence-electron chi connectivity index (χ0n) is 44.7. The second kappa shape index (κ2) is 27.0. The van der Waals surface area contributed by atoms with Crippen LogP contribution in [0.3, 0.4) is 0 Å². The molecule has 4 aromatic carbocycles. The van der Waals surface area contributed by atoms with Crippen LogP contribution in [0.25, 0.3) is 33.2 Å². The number of aromatic nitrogens is 8. The first kappa shape index (κ1) is 57.2. The number of nitrogens with zero attached hydrogens (tertiary/aromatic N) is 10. The molecule has 0 radical (unpaired) electrons. The molecule has 4 aromatic heterocycles. The van der Waals surface area contributed by atoms with Gasteiger partial charge in [-0.3, -0.25) is 33.5 Å². The molecule has 8 N–H and O–H groups in total. The maximum absolute atomic E-state index is 14.2. The number of nitriles is 2. The summed E-state index contributed by atoms with van der Waals surface area (Å²) < 4.78 is 7.78. The Morgan fingerprint density at radius 2 is 1.05 bits per heavy atom. The van der Waals surface area contributed by atoms with Crippen molar-refractivity contribution >= 4 is 57.0 Å². The molecule has 0 bridgehead atoms. The third-order valence-corrected chi connectivity index (χ3v) is 12.4. The maximum Gasteiger partial charge on any atom is 0.305 e. The second-order valence-electron chi connectivity index (χ2n) is 17.9. The monoisotopic (exact) mass is 1070 g/mol. The Bertz CT molecular complexity index is 3690. The first-order valence-electron chi connectivity index (χ1n) is 25.6. The Labute approximate surface area is 460 Å². The van der Waals surface area contributed by atoms with Crippen molar-refractivity contribution in [3.63, 3.8) is 0 Å². The fourth-order valence-corrected chi connectivity index (χ4v) is 8.60. The van der Waals surface area contributed by atoms with Crippen LogP contribution >= 0.6 is 0 Å². The highest BCUT2D eigenvalue weighted by molar-refractivity contribution is 5.86. The van der Waals surface area contributed by atoms with E-state index in [9.17, 15) is 29.7 Å². The molecule has 0 unspecified atom stereocenters. The summed E-state index contributed by atoms with van der Waals surface area (Å²) in [6.45, 7) is 7.26. The number of benzene rings is 4. The summed E-state index contributed by atoms with van der Waals surface area (Å²) in [5.74, 6) is 13.8. The largest absolute Gasteiger partial charge is 0.469 e. The molecular weight excluding hydrogens is 1010 g/mol. The van der Waals surface area contributed by atoms with Crippen molar-refractivity contribution in [2.24, 2.45) is 0 Å². The van der Waals surface area contributed by atoms with Gasteiger partial charge in [0.1, 0.15) is 58.2 Å². The van der Waals surface area contributed by atoms with Crippen molar-refractivity contribution in [3.8, 4) is 47.2 Å². The molecule has 4 heterocycles. The number of nitrogens with one attached hydrogen (secondary N) is 3. The van der Waals surface area contributed by atoms with E-state index in [1.54, 1.807) is 64.9 Å². The third kappa shape index (κ3) is 13.4. The summed E-state index contributed by atoms with van der Waals surface area (Å²) in [5, 5.41) is 35.3. The van der Waals surface area contributed by atoms with Crippen molar-refractivity contribution < 1.29 is 19.5 Å².